The van der Waals surface area contributed by atoms with Crippen molar-refractivity contribution in [3.05, 3.63) is 64.7 Å². The number of aliphatic hydroxyl groups excluding tert-OH is 1. The summed E-state index contributed by atoms with van der Waals surface area (Å²) >= 11 is -0.170. The van der Waals surface area contributed by atoms with Gasteiger partial charge in [-0.15, -0.1) is 0 Å². The molecule has 1 aliphatic carbocycles. The standard InChI is InChI=1S/C22H24F3NO2S/c1-26-10-8-14(9-11-26)21(28)19-5-3-2-4-16(19)18(13-27)17-7-6-15(12-20(17)21)29-22(23,24)25/h2-7,12,14,18,27-28H,8-11,13H2,1H3. The fourth-order valence-corrected chi connectivity index (χ4v) is 5.47. The molecule has 0 amide bonds. The Morgan fingerprint density at radius 2 is 1.72 bits per heavy atom. The van der Waals surface area contributed by atoms with Crippen molar-refractivity contribution in [3.63, 3.8) is 0 Å². The minimum absolute atomic E-state index is 0.0543. The van der Waals surface area contributed by atoms with Crippen LogP contribution < -0.4 is 0 Å². The van der Waals surface area contributed by atoms with Gasteiger partial charge >= 0.3 is 5.51 Å². The Hall–Kier alpha value is -1.54. The Morgan fingerprint density at radius 1 is 1.07 bits per heavy atom. The van der Waals surface area contributed by atoms with Gasteiger partial charge in [-0.05, 0) is 85.0 Å². The van der Waals surface area contributed by atoms with E-state index in [1.54, 1.807) is 6.07 Å². The lowest BCUT2D eigenvalue weighted by Gasteiger charge is -2.47. The quantitative estimate of drug-likeness (QED) is 0.722. The van der Waals surface area contributed by atoms with Crippen LogP contribution in [0.5, 0.6) is 0 Å². The molecule has 0 aromatic heterocycles. The van der Waals surface area contributed by atoms with Gasteiger partial charge in [0.2, 0.25) is 0 Å². The Morgan fingerprint density at radius 3 is 2.38 bits per heavy atom. The maximum atomic E-state index is 13.0. The first kappa shape index (κ1) is 20.7. The summed E-state index contributed by atoms with van der Waals surface area (Å²) in [4.78, 5) is 2.25. The fourth-order valence-electron chi connectivity index (χ4n) is 4.89. The monoisotopic (exact) mass is 423 g/mol. The second-order valence-corrected chi connectivity index (χ2v) is 9.10. The van der Waals surface area contributed by atoms with Gasteiger partial charge in [0.15, 0.2) is 0 Å². The molecule has 156 valence electrons. The summed E-state index contributed by atoms with van der Waals surface area (Å²) in [7, 11) is 2.03. The summed E-state index contributed by atoms with van der Waals surface area (Å²) in [5, 5.41) is 22.2. The molecule has 0 radical (unpaired) electrons. The first-order chi connectivity index (χ1) is 13.7. The van der Waals surface area contributed by atoms with Gasteiger partial charge in [-0.2, -0.15) is 13.2 Å². The molecule has 2 aromatic rings. The summed E-state index contributed by atoms with van der Waals surface area (Å²) in [6.45, 7) is 1.48. The third-order valence-electron chi connectivity index (χ3n) is 6.28. The van der Waals surface area contributed by atoms with E-state index in [-0.39, 0.29) is 35.1 Å². The van der Waals surface area contributed by atoms with Crippen molar-refractivity contribution in [2.24, 2.45) is 5.92 Å². The first-order valence-electron chi connectivity index (χ1n) is 9.75. The molecule has 1 aliphatic heterocycles. The molecule has 1 fully saturated rings. The number of aliphatic hydroxyl groups is 2. The number of rotatable bonds is 3. The molecule has 1 saturated heterocycles. The summed E-state index contributed by atoms with van der Waals surface area (Å²) in [5.41, 5.74) is -3.02. The van der Waals surface area contributed by atoms with Crippen LogP contribution in [0.3, 0.4) is 0 Å². The molecule has 1 heterocycles. The molecule has 0 saturated carbocycles. The zero-order valence-electron chi connectivity index (χ0n) is 16.1. The van der Waals surface area contributed by atoms with Crippen molar-refractivity contribution in [3.8, 4) is 0 Å². The van der Waals surface area contributed by atoms with Crippen LogP contribution in [0.25, 0.3) is 0 Å². The second kappa shape index (κ2) is 7.61. The molecule has 0 spiro atoms. The Labute approximate surface area is 172 Å². The number of nitrogens with zero attached hydrogens (tertiary/aromatic N) is 1. The molecule has 2 aromatic carbocycles. The van der Waals surface area contributed by atoms with E-state index in [4.69, 9.17) is 0 Å². The largest absolute Gasteiger partial charge is 0.446 e. The van der Waals surface area contributed by atoms with Crippen molar-refractivity contribution in [1.82, 2.24) is 4.90 Å². The smallest absolute Gasteiger partial charge is 0.395 e. The van der Waals surface area contributed by atoms with Crippen LogP contribution in [0.2, 0.25) is 0 Å². The Kier molecular flexibility index (Phi) is 5.44. The van der Waals surface area contributed by atoms with Gasteiger partial charge < -0.3 is 15.1 Å². The van der Waals surface area contributed by atoms with Gasteiger partial charge in [0.1, 0.15) is 5.60 Å². The summed E-state index contributed by atoms with van der Waals surface area (Å²) in [6, 6.07) is 12.0. The minimum atomic E-state index is -4.40. The van der Waals surface area contributed by atoms with Crippen LogP contribution in [0, 0.1) is 5.92 Å². The maximum Gasteiger partial charge on any atom is 0.446 e. The van der Waals surface area contributed by atoms with E-state index >= 15 is 0 Å². The lowest BCUT2D eigenvalue weighted by molar-refractivity contribution is -0.0329. The molecular formula is C22H24F3NO2S. The van der Waals surface area contributed by atoms with Crippen LogP contribution in [0.15, 0.2) is 47.4 Å². The van der Waals surface area contributed by atoms with E-state index in [9.17, 15) is 23.4 Å². The van der Waals surface area contributed by atoms with Crippen molar-refractivity contribution >= 4 is 11.8 Å². The van der Waals surface area contributed by atoms with Gasteiger partial charge in [0.05, 0.1) is 6.61 Å². The normalized spacial score (nSPS) is 25.5. The van der Waals surface area contributed by atoms with Crippen molar-refractivity contribution in [1.29, 1.82) is 0 Å². The third-order valence-corrected chi connectivity index (χ3v) is 7.00. The summed E-state index contributed by atoms with van der Waals surface area (Å²) in [5.74, 6) is -0.470. The molecule has 29 heavy (non-hydrogen) atoms. The van der Waals surface area contributed by atoms with E-state index in [0.29, 0.717) is 16.7 Å². The lowest BCUT2D eigenvalue weighted by Crippen LogP contribution is -2.46. The van der Waals surface area contributed by atoms with Gasteiger partial charge in [0, 0.05) is 10.8 Å². The van der Waals surface area contributed by atoms with Crippen LogP contribution in [-0.2, 0) is 5.60 Å². The summed E-state index contributed by atoms with van der Waals surface area (Å²) in [6.07, 6.45) is 1.50. The van der Waals surface area contributed by atoms with E-state index in [0.717, 1.165) is 31.5 Å². The maximum absolute atomic E-state index is 13.0. The number of halogens is 3. The molecule has 7 heteroatoms. The number of thioether (sulfide) groups is 1. The Balaban J connectivity index is 1.89. The number of hydrogen-bond donors (Lipinski definition) is 2. The first-order valence-corrected chi connectivity index (χ1v) is 10.6. The van der Waals surface area contributed by atoms with Crippen molar-refractivity contribution < 1.29 is 23.4 Å². The number of fused-ring (bicyclic) bond motifs is 2. The van der Waals surface area contributed by atoms with Crippen LogP contribution in [0.4, 0.5) is 13.2 Å². The fraction of sp³-hybridized carbons (Fsp3) is 0.455. The average Bonchev–Trinajstić information content (AvgIpc) is 2.68. The highest BCUT2D eigenvalue weighted by Gasteiger charge is 2.48. The van der Waals surface area contributed by atoms with Gasteiger partial charge in [0.25, 0.3) is 0 Å². The lowest BCUT2D eigenvalue weighted by atomic mass is 9.63. The zero-order chi connectivity index (χ0) is 20.8. The van der Waals surface area contributed by atoms with Crippen molar-refractivity contribution in [2.45, 2.75) is 34.8 Å². The molecule has 0 bridgehead atoms. The number of benzene rings is 2. The third kappa shape index (κ3) is 3.69. The number of alkyl halides is 3. The number of hydrogen-bond acceptors (Lipinski definition) is 4. The highest BCUT2D eigenvalue weighted by atomic mass is 32.2. The van der Waals surface area contributed by atoms with Crippen molar-refractivity contribution in [2.75, 3.05) is 26.7 Å². The number of piperidine rings is 1. The Bertz CT molecular complexity index is 896. The van der Waals surface area contributed by atoms with Crippen LogP contribution >= 0.6 is 11.8 Å². The molecule has 4 rings (SSSR count). The predicted molar refractivity (Wildman–Crippen MR) is 107 cm³/mol. The van der Waals surface area contributed by atoms with Crippen LogP contribution in [-0.4, -0.2) is 47.4 Å². The second-order valence-electron chi connectivity index (χ2n) is 7.96. The topological polar surface area (TPSA) is 43.7 Å². The molecule has 2 N–H and O–H groups in total. The average molecular weight is 424 g/mol. The predicted octanol–water partition coefficient (Wildman–Crippen LogP) is 4.31. The van der Waals surface area contributed by atoms with Gasteiger partial charge in [-0.3, -0.25) is 0 Å². The molecular weight excluding hydrogens is 399 g/mol. The zero-order valence-corrected chi connectivity index (χ0v) is 16.9. The highest BCUT2D eigenvalue weighted by molar-refractivity contribution is 8.00. The van der Waals surface area contributed by atoms with Crippen LogP contribution in [0.1, 0.15) is 41.0 Å². The van der Waals surface area contributed by atoms with E-state index in [1.165, 1.54) is 12.1 Å². The molecule has 2 aliphatic rings. The van der Waals surface area contributed by atoms with E-state index in [2.05, 4.69) is 4.90 Å². The molecule has 2 unspecified atom stereocenters. The highest BCUT2D eigenvalue weighted by Crippen LogP contribution is 2.52. The van der Waals surface area contributed by atoms with Gasteiger partial charge in [-0.25, -0.2) is 0 Å². The minimum Gasteiger partial charge on any atom is -0.395 e. The molecule has 2 atom stereocenters. The van der Waals surface area contributed by atoms with E-state index in [1.807, 2.05) is 31.3 Å². The van der Waals surface area contributed by atoms with Gasteiger partial charge in [-0.1, -0.05) is 30.3 Å². The SMILES string of the molecule is CN1CCC(C2(O)c3ccccc3C(CO)c3ccc(SC(F)(F)F)cc32)CC1. The summed E-state index contributed by atoms with van der Waals surface area (Å²) < 4.78 is 39.0. The van der Waals surface area contributed by atoms with E-state index < -0.39 is 11.1 Å². The number of likely N-dealkylation sites (tertiary alicyclic amines) is 1. The molecule has 3 nitrogen and oxygen atoms in total.